The first kappa shape index (κ1) is 15.4. The van der Waals surface area contributed by atoms with Crippen LogP contribution in [0, 0.1) is 17.8 Å². The summed E-state index contributed by atoms with van der Waals surface area (Å²) < 4.78 is 0. The summed E-state index contributed by atoms with van der Waals surface area (Å²) in [5, 5.41) is 10.2. The third-order valence-electron chi connectivity index (χ3n) is 4.49. The van der Waals surface area contributed by atoms with Gasteiger partial charge >= 0.3 is 5.97 Å². The van der Waals surface area contributed by atoms with Gasteiger partial charge in [-0.25, -0.2) is 0 Å². The molecular weight excluding hydrogens is 272 g/mol. The van der Waals surface area contributed by atoms with Gasteiger partial charge < -0.3 is 5.11 Å². The Labute approximate surface area is 126 Å². The van der Waals surface area contributed by atoms with Gasteiger partial charge in [-0.1, -0.05) is 43.5 Å². The van der Waals surface area contributed by atoms with Gasteiger partial charge in [-0.3, -0.25) is 4.79 Å². The lowest BCUT2D eigenvalue weighted by molar-refractivity contribution is -0.145. The summed E-state index contributed by atoms with van der Waals surface area (Å²) in [6.07, 6.45) is 6.17. The second-order valence-corrected chi connectivity index (χ2v) is 6.44. The van der Waals surface area contributed by atoms with E-state index in [-0.39, 0.29) is 11.8 Å². The first-order valence-corrected chi connectivity index (χ1v) is 7.95. The highest BCUT2D eigenvalue weighted by Crippen LogP contribution is 2.38. The summed E-state index contributed by atoms with van der Waals surface area (Å²) in [5.74, 6) is 0.116. The van der Waals surface area contributed by atoms with Gasteiger partial charge in [-0.15, -0.1) is 0 Å². The predicted molar refractivity (Wildman–Crippen MR) is 82.0 cm³/mol. The van der Waals surface area contributed by atoms with Crippen molar-refractivity contribution in [3.8, 4) is 0 Å². The van der Waals surface area contributed by atoms with E-state index in [2.05, 4.69) is 6.92 Å². The average molecular weight is 295 g/mol. The summed E-state index contributed by atoms with van der Waals surface area (Å²) in [4.78, 5) is 11.5. The summed E-state index contributed by atoms with van der Waals surface area (Å²) in [6, 6.07) is 7.82. The molecule has 3 heteroatoms. The second-order valence-electron chi connectivity index (χ2n) is 6.01. The van der Waals surface area contributed by atoms with E-state index in [1.807, 2.05) is 24.3 Å². The highest BCUT2D eigenvalue weighted by Gasteiger charge is 2.34. The average Bonchev–Trinajstić information content (AvgIpc) is 2.39. The minimum atomic E-state index is -0.632. The maximum Gasteiger partial charge on any atom is 0.306 e. The maximum atomic E-state index is 11.5. The fourth-order valence-corrected chi connectivity index (χ4v) is 3.76. The third-order valence-corrected chi connectivity index (χ3v) is 4.73. The number of carbonyl (C=O) groups is 1. The largest absolute Gasteiger partial charge is 0.481 e. The van der Waals surface area contributed by atoms with E-state index < -0.39 is 5.97 Å². The van der Waals surface area contributed by atoms with Gasteiger partial charge in [0, 0.05) is 5.02 Å². The Bertz CT molecular complexity index is 458. The van der Waals surface area contributed by atoms with Gasteiger partial charge in [0.25, 0.3) is 0 Å². The van der Waals surface area contributed by atoms with E-state index in [9.17, 15) is 9.90 Å². The molecule has 0 bridgehead atoms. The van der Waals surface area contributed by atoms with Gasteiger partial charge in [0.05, 0.1) is 5.92 Å². The minimum Gasteiger partial charge on any atom is -0.481 e. The van der Waals surface area contributed by atoms with Crippen LogP contribution in [-0.4, -0.2) is 11.1 Å². The van der Waals surface area contributed by atoms with Crippen LogP contribution < -0.4 is 0 Å². The van der Waals surface area contributed by atoms with E-state index in [0.717, 1.165) is 36.3 Å². The van der Waals surface area contributed by atoms with E-state index in [1.54, 1.807) is 0 Å². The molecule has 0 aromatic heterocycles. The molecule has 110 valence electrons. The van der Waals surface area contributed by atoms with Crippen molar-refractivity contribution >= 4 is 17.6 Å². The molecule has 0 radical (unpaired) electrons. The van der Waals surface area contributed by atoms with Crippen LogP contribution in [0.5, 0.6) is 0 Å². The van der Waals surface area contributed by atoms with E-state index in [1.165, 1.54) is 12.8 Å². The molecule has 1 aliphatic carbocycles. The molecule has 1 aliphatic rings. The zero-order valence-electron chi connectivity index (χ0n) is 12.0. The summed E-state index contributed by atoms with van der Waals surface area (Å²) >= 11 is 6.02. The summed E-state index contributed by atoms with van der Waals surface area (Å²) in [7, 11) is 0. The lowest BCUT2D eigenvalue weighted by Gasteiger charge is -2.34. The molecule has 2 rings (SSSR count). The van der Waals surface area contributed by atoms with Gasteiger partial charge in [-0.05, 0) is 55.2 Å². The molecule has 1 fully saturated rings. The molecular formula is C17H23ClO2. The van der Waals surface area contributed by atoms with E-state index in [0.29, 0.717) is 5.92 Å². The number of carboxylic acids is 1. The molecule has 1 aromatic carbocycles. The third kappa shape index (κ3) is 3.99. The summed E-state index contributed by atoms with van der Waals surface area (Å²) in [6.45, 7) is 2.20. The molecule has 3 atom stereocenters. The molecule has 20 heavy (non-hydrogen) atoms. The number of rotatable bonds is 5. The van der Waals surface area contributed by atoms with Crippen LogP contribution in [0.2, 0.25) is 5.02 Å². The molecule has 0 spiro atoms. The van der Waals surface area contributed by atoms with Gasteiger partial charge in [0.2, 0.25) is 0 Å². The molecule has 0 heterocycles. The molecule has 0 amide bonds. The van der Waals surface area contributed by atoms with Crippen molar-refractivity contribution in [1.82, 2.24) is 0 Å². The lowest BCUT2D eigenvalue weighted by atomic mass is 9.70. The highest BCUT2D eigenvalue weighted by molar-refractivity contribution is 6.30. The molecule has 2 nitrogen and oxygen atoms in total. The Morgan fingerprint density at radius 2 is 2.20 bits per heavy atom. The van der Waals surface area contributed by atoms with Gasteiger partial charge in [0.15, 0.2) is 0 Å². The van der Waals surface area contributed by atoms with Gasteiger partial charge in [0.1, 0.15) is 0 Å². The topological polar surface area (TPSA) is 37.3 Å². The van der Waals surface area contributed by atoms with Crippen LogP contribution in [0.1, 0.15) is 44.6 Å². The Balaban J connectivity index is 2.08. The van der Waals surface area contributed by atoms with Crippen LogP contribution in [-0.2, 0) is 11.2 Å². The maximum absolute atomic E-state index is 11.5. The fraction of sp³-hybridized carbons (Fsp3) is 0.588. The highest BCUT2D eigenvalue weighted by atomic mass is 35.5. The van der Waals surface area contributed by atoms with Crippen LogP contribution in [0.4, 0.5) is 0 Å². The lowest BCUT2D eigenvalue weighted by Crippen LogP contribution is -2.32. The summed E-state index contributed by atoms with van der Waals surface area (Å²) in [5.41, 5.74) is 1.16. The Morgan fingerprint density at radius 3 is 2.85 bits per heavy atom. The quantitative estimate of drug-likeness (QED) is 0.847. The van der Waals surface area contributed by atoms with Crippen molar-refractivity contribution in [1.29, 1.82) is 0 Å². The standard InChI is InChI=1S/C17H23ClO2/c1-2-4-12-7-8-16(17(19)20)14(9-12)10-13-5-3-6-15(18)11-13/h3,5-6,11-12,14,16H,2,4,7-10H2,1H3,(H,19,20). The van der Waals surface area contributed by atoms with Crippen LogP contribution >= 0.6 is 11.6 Å². The molecule has 3 unspecified atom stereocenters. The Kier molecular flexibility index (Phi) is 5.47. The van der Waals surface area contributed by atoms with Crippen LogP contribution in [0.25, 0.3) is 0 Å². The molecule has 1 aromatic rings. The fourth-order valence-electron chi connectivity index (χ4n) is 3.55. The first-order chi connectivity index (χ1) is 9.60. The molecule has 1 saturated carbocycles. The second kappa shape index (κ2) is 7.12. The van der Waals surface area contributed by atoms with Crippen LogP contribution in [0.15, 0.2) is 24.3 Å². The van der Waals surface area contributed by atoms with Crippen LogP contribution in [0.3, 0.4) is 0 Å². The predicted octanol–water partition coefficient (Wildman–Crippen LogP) is 4.80. The van der Waals surface area contributed by atoms with Crippen molar-refractivity contribution < 1.29 is 9.90 Å². The number of aliphatic carboxylic acids is 1. The Morgan fingerprint density at radius 1 is 1.40 bits per heavy atom. The number of benzene rings is 1. The minimum absolute atomic E-state index is 0.193. The van der Waals surface area contributed by atoms with Crippen molar-refractivity contribution in [2.45, 2.75) is 45.4 Å². The van der Waals surface area contributed by atoms with Crippen molar-refractivity contribution in [3.05, 3.63) is 34.9 Å². The van der Waals surface area contributed by atoms with Crippen molar-refractivity contribution in [2.24, 2.45) is 17.8 Å². The van der Waals surface area contributed by atoms with E-state index in [4.69, 9.17) is 11.6 Å². The normalized spacial score (nSPS) is 26.4. The molecule has 0 aliphatic heterocycles. The van der Waals surface area contributed by atoms with Crippen molar-refractivity contribution in [2.75, 3.05) is 0 Å². The van der Waals surface area contributed by atoms with E-state index >= 15 is 0 Å². The molecule has 0 saturated heterocycles. The first-order valence-electron chi connectivity index (χ1n) is 7.57. The number of hydrogen-bond acceptors (Lipinski definition) is 1. The number of hydrogen-bond donors (Lipinski definition) is 1. The van der Waals surface area contributed by atoms with Crippen molar-refractivity contribution in [3.63, 3.8) is 0 Å². The SMILES string of the molecule is CCCC1CCC(C(=O)O)C(Cc2cccc(Cl)c2)C1. The number of carboxylic acid groups (broad SMARTS) is 1. The number of halogens is 1. The zero-order valence-corrected chi connectivity index (χ0v) is 12.8. The zero-order chi connectivity index (χ0) is 14.5. The Hall–Kier alpha value is -1.02. The smallest absolute Gasteiger partial charge is 0.306 e. The molecule has 1 N–H and O–H groups in total. The monoisotopic (exact) mass is 294 g/mol. The van der Waals surface area contributed by atoms with Gasteiger partial charge in [-0.2, -0.15) is 0 Å².